The number of para-hydroxylation sites is 1. The van der Waals surface area contributed by atoms with E-state index < -0.39 is 12.7 Å². The van der Waals surface area contributed by atoms with Crippen molar-refractivity contribution in [2.75, 3.05) is 0 Å². The first-order chi connectivity index (χ1) is 15.6. The molecule has 3 aromatic rings. The number of rotatable bonds is 5. The van der Waals surface area contributed by atoms with Gasteiger partial charge in [0.1, 0.15) is 11.5 Å². The van der Waals surface area contributed by atoms with E-state index in [1.54, 1.807) is 12.1 Å². The van der Waals surface area contributed by atoms with Crippen molar-refractivity contribution in [1.82, 2.24) is 0 Å². The molecule has 1 aliphatic heterocycles. The van der Waals surface area contributed by atoms with E-state index in [9.17, 15) is 26.3 Å². The maximum atomic E-state index is 12.7. The van der Waals surface area contributed by atoms with Crippen LogP contribution in [-0.2, 0) is 0 Å². The minimum absolute atomic E-state index is 0.212. The fourth-order valence-corrected chi connectivity index (χ4v) is 3.70. The highest BCUT2D eigenvalue weighted by Crippen LogP contribution is 2.36. The van der Waals surface area contributed by atoms with E-state index in [1.807, 2.05) is 24.3 Å². The summed E-state index contributed by atoms with van der Waals surface area (Å²) in [5, 5.41) is 0. The average Bonchev–Trinajstić information content (AvgIpc) is 3.23. The summed E-state index contributed by atoms with van der Waals surface area (Å²) >= 11 is 0. The van der Waals surface area contributed by atoms with Crippen LogP contribution >= 0.6 is 0 Å². The molecule has 1 aliphatic rings. The van der Waals surface area contributed by atoms with E-state index in [1.165, 1.54) is 36.4 Å². The highest BCUT2D eigenvalue weighted by Gasteiger charge is 2.33. The molecule has 1 atom stereocenters. The normalized spacial score (nSPS) is 16.4. The van der Waals surface area contributed by atoms with Gasteiger partial charge in [0.25, 0.3) is 0 Å². The lowest BCUT2D eigenvalue weighted by Crippen LogP contribution is -2.18. The van der Waals surface area contributed by atoms with Crippen molar-refractivity contribution in [1.29, 1.82) is 0 Å². The Bertz CT molecular complexity index is 1140. The van der Waals surface area contributed by atoms with Gasteiger partial charge in [-0.1, -0.05) is 48.5 Å². The molecular weight excluding hydrogens is 448 g/mol. The fourth-order valence-electron chi connectivity index (χ4n) is 3.70. The van der Waals surface area contributed by atoms with Gasteiger partial charge in [0.2, 0.25) is 0 Å². The van der Waals surface area contributed by atoms with Crippen LogP contribution in [-0.4, -0.2) is 18.4 Å². The maximum Gasteiger partial charge on any atom is 0.573 e. The number of aliphatic imine (C=N–C) groups is 1. The van der Waals surface area contributed by atoms with E-state index in [4.69, 9.17) is 0 Å². The highest BCUT2D eigenvalue weighted by molar-refractivity contribution is 6.04. The van der Waals surface area contributed by atoms with E-state index in [0.717, 1.165) is 11.1 Å². The van der Waals surface area contributed by atoms with Crippen LogP contribution in [0.3, 0.4) is 0 Å². The summed E-state index contributed by atoms with van der Waals surface area (Å²) in [6.45, 7) is 0. The number of alkyl halides is 6. The predicted molar refractivity (Wildman–Crippen MR) is 110 cm³/mol. The van der Waals surface area contributed by atoms with Crippen molar-refractivity contribution >= 4 is 5.71 Å². The molecule has 0 amide bonds. The fraction of sp³-hybridized carbons (Fsp3) is 0.208. The van der Waals surface area contributed by atoms with Crippen LogP contribution < -0.4 is 9.47 Å². The molecule has 0 N–H and O–H groups in total. The molecular formula is C24H17F6NO2. The van der Waals surface area contributed by atoms with Crippen LogP contribution in [0.2, 0.25) is 0 Å². The molecule has 0 radical (unpaired) electrons. The lowest BCUT2D eigenvalue weighted by molar-refractivity contribution is -0.275. The summed E-state index contributed by atoms with van der Waals surface area (Å²) in [6.07, 6.45) is -8.39. The van der Waals surface area contributed by atoms with E-state index >= 15 is 0 Å². The van der Waals surface area contributed by atoms with E-state index in [0.29, 0.717) is 29.7 Å². The Morgan fingerprint density at radius 1 is 0.697 bits per heavy atom. The van der Waals surface area contributed by atoms with Gasteiger partial charge < -0.3 is 9.47 Å². The lowest BCUT2D eigenvalue weighted by atomic mass is 9.99. The van der Waals surface area contributed by atoms with Gasteiger partial charge in [0, 0.05) is 11.3 Å². The minimum Gasteiger partial charge on any atom is -0.406 e. The Balaban J connectivity index is 1.50. The number of ether oxygens (including phenoxy) is 2. The number of benzene rings is 3. The molecule has 0 saturated heterocycles. The van der Waals surface area contributed by atoms with Crippen molar-refractivity contribution in [3.8, 4) is 22.6 Å². The monoisotopic (exact) mass is 465 g/mol. The zero-order chi connectivity index (χ0) is 23.6. The molecule has 4 rings (SSSR count). The first-order valence-electron chi connectivity index (χ1n) is 9.95. The topological polar surface area (TPSA) is 30.8 Å². The smallest absolute Gasteiger partial charge is 0.406 e. The molecule has 33 heavy (non-hydrogen) atoms. The maximum absolute atomic E-state index is 12.7. The zero-order valence-electron chi connectivity index (χ0n) is 17.0. The summed E-state index contributed by atoms with van der Waals surface area (Å²) in [7, 11) is 0. The number of halogens is 6. The largest absolute Gasteiger partial charge is 0.573 e. The molecule has 3 nitrogen and oxygen atoms in total. The molecule has 172 valence electrons. The summed E-state index contributed by atoms with van der Waals surface area (Å²) in [5.41, 5.74) is 3.26. The second-order valence-electron chi connectivity index (χ2n) is 7.37. The van der Waals surface area contributed by atoms with Crippen LogP contribution in [0.5, 0.6) is 11.5 Å². The average molecular weight is 465 g/mol. The van der Waals surface area contributed by atoms with Crippen molar-refractivity contribution in [2.24, 2.45) is 4.99 Å². The molecule has 3 aromatic carbocycles. The Morgan fingerprint density at radius 2 is 1.27 bits per heavy atom. The second kappa shape index (κ2) is 8.80. The Labute approximate surface area is 185 Å². The van der Waals surface area contributed by atoms with Gasteiger partial charge in [-0.2, -0.15) is 0 Å². The van der Waals surface area contributed by atoms with Crippen molar-refractivity contribution in [2.45, 2.75) is 31.6 Å². The van der Waals surface area contributed by atoms with Gasteiger partial charge in [-0.25, -0.2) is 0 Å². The summed E-state index contributed by atoms with van der Waals surface area (Å²) in [5.74, 6) is -0.580. The molecule has 0 spiro atoms. The Kier molecular flexibility index (Phi) is 6.05. The standard InChI is InChI=1S/C24H17F6NO2/c25-23(26,27)32-18-11-9-16(10-12-18)15-5-7-17(8-6-15)20-13-14-21(31-20)19-3-1-2-4-22(19)33-24(28,29)30/h1-12,20H,13-14H2. The lowest BCUT2D eigenvalue weighted by Gasteiger charge is -2.13. The van der Waals surface area contributed by atoms with Crippen molar-refractivity contribution < 1.29 is 35.8 Å². The third kappa shape index (κ3) is 5.85. The third-order valence-electron chi connectivity index (χ3n) is 5.11. The molecule has 0 aliphatic carbocycles. The van der Waals surface area contributed by atoms with Crippen molar-refractivity contribution in [3.63, 3.8) is 0 Å². The van der Waals surface area contributed by atoms with Gasteiger partial charge in [-0.05, 0) is 53.8 Å². The molecule has 1 unspecified atom stereocenters. The SMILES string of the molecule is FC(F)(F)Oc1ccc(-c2ccc(C3CCC(c4ccccc4OC(F)(F)F)=N3)cc2)cc1. The highest BCUT2D eigenvalue weighted by atomic mass is 19.4. The van der Waals surface area contributed by atoms with Gasteiger partial charge in [0.05, 0.1) is 6.04 Å². The minimum atomic E-state index is -4.79. The van der Waals surface area contributed by atoms with Crippen LogP contribution in [0.15, 0.2) is 77.8 Å². The van der Waals surface area contributed by atoms with Gasteiger partial charge in [-0.3, -0.25) is 4.99 Å². The molecule has 0 saturated carbocycles. The summed E-state index contributed by atoms with van der Waals surface area (Å²) in [6, 6.07) is 18.6. The first-order valence-corrected chi connectivity index (χ1v) is 9.95. The Morgan fingerprint density at radius 3 is 1.88 bits per heavy atom. The quantitative estimate of drug-likeness (QED) is 0.366. The molecule has 0 fully saturated rings. The summed E-state index contributed by atoms with van der Waals surface area (Å²) < 4.78 is 83.0. The number of nitrogens with zero attached hydrogens (tertiary/aromatic N) is 1. The predicted octanol–water partition coefficient (Wildman–Crippen LogP) is 7.48. The zero-order valence-corrected chi connectivity index (χ0v) is 17.0. The Hall–Kier alpha value is -3.49. The van der Waals surface area contributed by atoms with E-state index in [-0.39, 0.29) is 17.5 Å². The summed E-state index contributed by atoms with van der Waals surface area (Å²) in [4.78, 5) is 4.61. The number of hydrogen-bond acceptors (Lipinski definition) is 3. The molecule has 1 heterocycles. The van der Waals surface area contributed by atoms with Gasteiger partial charge in [0.15, 0.2) is 0 Å². The van der Waals surface area contributed by atoms with Crippen LogP contribution in [0.25, 0.3) is 11.1 Å². The first kappa shape index (κ1) is 22.7. The van der Waals surface area contributed by atoms with Crippen molar-refractivity contribution in [3.05, 3.63) is 83.9 Å². The van der Waals surface area contributed by atoms with Gasteiger partial charge >= 0.3 is 12.7 Å². The molecule has 0 bridgehead atoms. The second-order valence-corrected chi connectivity index (χ2v) is 7.37. The van der Waals surface area contributed by atoms with Crippen LogP contribution in [0.4, 0.5) is 26.3 Å². The molecule has 9 heteroatoms. The van der Waals surface area contributed by atoms with Gasteiger partial charge in [-0.15, -0.1) is 26.3 Å². The van der Waals surface area contributed by atoms with Crippen LogP contribution in [0, 0.1) is 0 Å². The molecule has 0 aromatic heterocycles. The number of hydrogen-bond donors (Lipinski definition) is 0. The van der Waals surface area contributed by atoms with Crippen LogP contribution in [0.1, 0.15) is 30.0 Å². The third-order valence-corrected chi connectivity index (χ3v) is 5.11. The van der Waals surface area contributed by atoms with E-state index in [2.05, 4.69) is 14.5 Å².